The van der Waals surface area contributed by atoms with Gasteiger partial charge in [-0.15, -0.1) is 0 Å². The SMILES string of the molecule is COc1ccc(NC(=O)c2ccc(Nc3cc(C)on3)cn2)c(OC)c1. The Morgan fingerprint density at radius 1 is 1.12 bits per heavy atom. The summed E-state index contributed by atoms with van der Waals surface area (Å²) in [6, 6.07) is 10.2. The molecule has 0 aliphatic rings. The lowest BCUT2D eigenvalue weighted by Crippen LogP contribution is -2.14. The molecular weight excluding hydrogens is 336 g/mol. The Bertz CT molecular complexity index is 906. The molecule has 2 aromatic heterocycles. The number of hydrogen-bond donors (Lipinski definition) is 2. The summed E-state index contributed by atoms with van der Waals surface area (Å²) in [5.41, 5.74) is 1.49. The first-order chi connectivity index (χ1) is 12.6. The topological polar surface area (TPSA) is 98.5 Å². The molecule has 26 heavy (non-hydrogen) atoms. The van der Waals surface area contributed by atoms with Gasteiger partial charge >= 0.3 is 0 Å². The maximum atomic E-state index is 12.4. The van der Waals surface area contributed by atoms with Crippen LogP contribution in [0, 0.1) is 6.92 Å². The first-order valence-electron chi connectivity index (χ1n) is 7.79. The Morgan fingerprint density at radius 2 is 1.96 bits per heavy atom. The molecule has 0 fully saturated rings. The quantitative estimate of drug-likeness (QED) is 0.700. The van der Waals surface area contributed by atoms with Crippen LogP contribution in [0.3, 0.4) is 0 Å². The predicted molar refractivity (Wildman–Crippen MR) is 96.3 cm³/mol. The summed E-state index contributed by atoms with van der Waals surface area (Å²) in [4.78, 5) is 16.6. The fourth-order valence-corrected chi connectivity index (χ4v) is 2.26. The minimum absolute atomic E-state index is 0.268. The van der Waals surface area contributed by atoms with Crippen LogP contribution < -0.4 is 20.1 Å². The highest BCUT2D eigenvalue weighted by Gasteiger charge is 2.12. The van der Waals surface area contributed by atoms with Gasteiger partial charge in [0.1, 0.15) is 23.0 Å². The van der Waals surface area contributed by atoms with Crippen molar-refractivity contribution < 1.29 is 18.8 Å². The highest BCUT2D eigenvalue weighted by Crippen LogP contribution is 2.29. The minimum Gasteiger partial charge on any atom is -0.497 e. The van der Waals surface area contributed by atoms with Crippen molar-refractivity contribution >= 4 is 23.1 Å². The zero-order valence-corrected chi connectivity index (χ0v) is 14.6. The van der Waals surface area contributed by atoms with Gasteiger partial charge in [0.15, 0.2) is 5.82 Å². The molecule has 0 saturated heterocycles. The van der Waals surface area contributed by atoms with Crippen molar-refractivity contribution in [3.63, 3.8) is 0 Å². The van der Waals surface area contributed by atoms with E-state index in [9.17, 15) is 4.79 Å². The summed E-state index contributed by atoms with van der Waals surface area (Å²) < 4.78 is 15.4. The third kappa shape index (κ3) is 3.92. The van der Waals surface area contributed by atoms with Crippen LogP contribution in [0.25, 0.3) is 0 Å². The van der Waals surface area contributed by atoms with E-state index in [1.165, 1.54) is 7.11 Å². The van der Waals surface area contributed by atoms with Crippen LogP contribution in [-0.2, 0) is 0 Å². The Hall–Kier alpha value is -3.55. The first-order valence-corrected chi connectivity index (χ1v) is 7.79. The zero-order valence-electron chi connectivity index (χ0n) is 14.6. The number of rotatable bonds is 6. The largest absolute Gasteiger partial charge is 0.497 e. The molecule has 2 N–H and O–H groups in total. The molecule has 0 atom stereocenters. The van der Waals surface area contributed by atoms with E-state index in [0.717, 1.165) is 0 Å². The van der Waals surface area contributed by atoms with Gasteiger partial charge in [0.25, 0.3) is 5.91 Å². The molecule has 0 spiro atoms. The highest BCUT2D eigenvalue weighted by atomic mass is 16.5. The average Bonchev–Trinajstić information content (AvgIpc) is 3.07. The third-order valence-electron chi connectivity index (χ3n) is 3.55. The second-order valence-electron chi connectivity index (χ2n) is 5.40. The van der Waals surface area contributed by atoms with Crippen LogP contribution in [0.4, 0.5) is 17.2 Å². The van der Waals surface area contributed by atoms with Crippen LogP contribution in [0.15, 0.2) is 47.1 Å². The average molecular weight is 354 g/mol. The van der Waals surface area contributed by atoms with Gasteiger partial charge in [-0.2, -0.15) is 0 Å². The van der Waals surface area contributed by atoms with E-state index in [1.54, 1.807) is 56.6 Å². The standard InChI is InChI=1S/C18H18N4O4/c1-11-8-17(22-26-11)20-12-4-6-15(19-10-12)18(23)21-14-7-5-13(24-2)9-16(14)25-3/h4-10H,1-3H3,(H,20,22)(H,21,23). The fraction of sp³-hybridized carbons (Fsp3) is 0.167. The molecule has 1 aromatic carbocycles. The first kappa shape index (κ1) is 17.3. The number of benzene rings is 1. The smallest absolute Gasteiger partial charge is 0.274 e. The van der Waals surface area contributed by atoms with Gasteiger partial charge in [-0.3, -0.25) is 4.79 Å². The van der Waals surface area contributed by atoms with Crippen LogP contribution in [0.2, 0.25) is 0 Å². The molecule has 134 valence electrons. The molecule has 1 amide bonds. The van der Waals surface area contributed by atoms with E-state index in [4.69, 9.17) is 14.0 Å². The number of amides is 1. The van der Waals surface area contributed by atoms with Crippen molar-refractivity contribution in [1.29, 1.82) is 0 Å². The predicted octanol–water partition coefficient (Wildman–Crippen LogP) is 3.39. The van der Waals surface area contributed by atoms with Crippen LogP contribution in [0.1, 0.15) is 16.2 Å². The van der Waals surface area contributed by atoms with Crippen molar-refractivity contribution in [2.45, 2.75) is 6.92 Å². The van der Waals surface area contributed by atoms with Crippen molar-refractivity contribution in [2.24, 2.45) is 0 Å². The lowest BCUT2D eigenvalue weighted by atomic mass is 10.2. The summed E-state index contributed by atoms with van der Waals surface area (Å²) in [5.74, 6) is 2.06. The van der Waals surface area contributed by atoms with E-state index in [1.807, 2.05) is 0 Å². The molecule has 0 unspecified atom stereocenters. The van der Waals surface area contributed by atoms with Crippen molar-refractivity contribution in [3.05, 3.63) is 54.0 Å². The number of anilines is 3. The number of nitrogens with one attached hydrogen (secondary N) is 2. The molecule has 0 radical (unpaired) electrons. The molecule has 8 nitrogen and oxygen atoms in total. The van der Waals surface area contributed by atoms with Gasteiger partial charge in [0, 0.05) is 12.1 Å². The molecule has 3 rings (SSSR count). The van der Waals surface area contributed by atoms with Gasteiger partial charge in [0.05, 0.1) is 31.8 Å². The summed E-state index contributed by atoms with van der Waals surface area (Å²) in [6.07, 6.45) is 1.55. The van der Waals surface area contributed by atoms with Gasteiger partial charge in [-0.25, -0.2) is 4.98 Å². The zero-order chi connectivity index (χ0) is 18.5. The number of aryl methyl sites for hydroxylation is 1. The molecule has 8 heteroatoms. The number of carbonyl (C=O) groups excluding carboxylic acids is 1. The van der Waals surface area contributed by atoms with Crippen LogP contribution in [-0.4, -0.2) is 30.3 Å². The maximum Gasteiger partial charge on any atom is 0.274 e. The minimum atomic E-state index is -0.350. The summed E-state index contributed by atoms with van der Waals surface area (Å²) in [7, 11) is 3.08. The highest BCUT2D eigenvalue weighted by molar-refractivity contribution is 6.03. The number of hydrogen-bond acceptors (Lipinski definition) is 7. The third-order valence-corrected chi connectivity index (χ3v) is 3.55. The summed E-state index contributed by atoms with van der Waals surface area (Å²) >= 11 is 0. The van der Waals surface area contributed by atoms with Gasteiger partial charge < -0.3 is 24.6 Å². The van der Waals surface area contributed by atoms with Crippen LogP contribution >= 0.6 is 0 Å². The normalized spacial score (nSPS) is 10.3. The van der Waals surface area contributed by atoms with Crippen molar-refractivity contribution in [3.8, 4) is 11.5 Å². The van der Waals surface area contributed by atoms with E-state index in [0.29, 0.717) is 34.5 Å². The fourth-order valence-electron chi connectivity index (χ4n) is 2.26. The number of pyridine rings is 1. The number of carbonyl (C=O) groups is 1. The number of nitrogens with zero attached hydrogens (tertiary/aromatic N) is 2. The van der Waals surface area contributed by atoms with Gasteiger partial charge in [0.2, 0.25) is 0 Å². The van der Waals surface area contributed by atoms with Gasteiger partial charge in [-0.1, -0.05) is 5.16 Å². The second-order valence-corrected chi connectivity index (χ2v) is 5.40. The lowest BCUT2D eigenvalue weighted by molar-refractivity contribution is 0.102. The number of ether oxygens (including phenoxy) is 2. The molecule has 3 aromatic rings. The van der Waals surface area contributed by atoms with Crippen LogP contribution in [0.5, 0.6) is 11.5 Å². The molecule has 0 bridgehead atoms. The monoisotopic (exact) mass is 354 g/mol. The summed E-state index contributed by atoms with van der Waals surface area (Å²) in [6.45, 7) is 1.80. The number of methoxy groups -OCH3 is 2. The number of aromatic nitrogens is 2. The summed E-state index contributed by atoms with van der Waals surface area (Å²) in [5, 5.41) is 9.65. The maximum absolute atomic E-state index is 12.4. The van der Waals surface area contributed by atoms with Gasteiger partial charge in [-0.05, 0) is 31.2 Å². The molecule has 0 aliphatic carbocycles. The van der Waals surface area contributed by atoms with E-state index < -0.39 is 0 Å². The van der Waals surface area contributed by atoms with E-state index in [2.05, 4.69) is 20.8 Å². The second kappa shape index (κ2) is 7.56. The Balaban J connectivity index is 1.70. The Kier molecular flexibility index (Phi) is 5.02. The lowest BCUT2D eigenvalue weighted by Gasteiger charge is -2.11. The van der Waals surface area contributed by atoms with Crippen molar-refractivity contribution in [2.75, 3.05) is 24.9 Å². The van der Waals surface area contributed by atoms with E-state index >= 15 is 0 Å². The molecular formula is C18H18N4O4. The molecule has 2 heterocycles. The molecule has 0 saturated carbocycles. The van der Waals surface area contributed by atoms with Crippen molar-refractivity contribution in [1.82, 2.24) is 10.1 Å². The Labute approximate surface area is 150 Å². The Morgan fingerprint density at radius 3 is 2.58 bits per heavy atom. The molecule has 0 aliphatic heterocycles. The van der Waals surface area contributed by atoms with E-state index in [-0.39, 0.29) is 11.6 Å².